The Kier molecular flexibility index (Phi) is 3.79. The standard InChI is InChI=1S/C11H19N7O/c1-7(18-5-4-13-8(19)6-18)9-14-10(12)16-11(15-9)17(2)3/h7H,4-6H2,1-3H3,(H,13,19)(H2,12,14,15,16). The maximum absolute atomic E-state index is 11.4. The highest BCUT2D eigenvalue weighted by atomic mass is 16.2. The highest BCUT2D eigenvalue weighted by molar-refractivity contribution is 5.78. The van der Waals surface area contributed by atoms with Gasteiger partial charge in [-0.15, -0.1) is 0 Å². The summed E-state index contributed by atoms with van der Waals surface area (Å²) in [6, 6.07) is -0.0740. The molecule has 0 saturated carbocycles. The van der Waals surface area contributed by atoms with Crippen molar-refractivity contribution in [3.05, 3.63) is 5.82 Å². The van der Waals surface area contributed by atoms with Crippen LogP contribution in [0.4, 0.5) is 11.9 Å². The van der Waals surface area contributed by atoms with Crippen molar-refractivity contribution >= 4 is 17.8 Å². The average molecular weight is 265 g/mol. The Hall–Kier alpha value is -1.96. The maximum Gasteiger partial charge on any atom is 0.234 e. The Morgan fingerprint density at radius 2 is 2.11 bits per heavy atom. The van der Waals surface area contributed by atoms with Gasteiger partial charge < -0.3 is 16.0 Å². The van der Waals surface area contributed by atoms with E-state index in [1.165, 1.54) is 0 Å². The van der Waals surface area contributed by atoms with Gasteiger partial charge in [0.15, 0.2) is 5.82 Å². The number of hydrogen-bond donors (Lipinski definition) is 2. The number of aromatic nitrogens is 3. The van der Waals surface area contributed by atoms with Crippen LogP contribution in [0.5, 0.6) is 0 Å². The van der Waals surface area contributed by atoms with Gasteiger partial charge in [0, 0.05) is 27.2 Å². The minimum Gasteiger partial charge on any atom is -0.368 e. The molecular formula is C11H19N7O. The summed E-state index contributed by atoms with van der Waals surface area (Å²) in [5.74, 6) is 1.33. The quantitative estimate of drug-likeness (QED) is 0.724. The molecule has 1 aromatic heterocycles. The van der Waals surface area contributed by atoms with Gasteiger partial charge in [-0.1, -0.05) is 0 Å². The Labute approximate surface area is 112 Å². The molecule has 0 bridgehead atoms. The van der Waals surface area contributed by atoms with E-state index in [0.29, 0.717) is 24.9 Å². The van der Waals surface area contributed by atoms with Gasteiger partial charge in [-0.25, -0.2) is 0 Å². The summed E-state index contributed by atoms with van der Waals surface area (Å²) in [5, 5.41) is 2.79. The largest absolute Gasteiger partial charge is 0.368 e. The molecule has 1 amide bonds. The van der Waals surface area contributed by atoms with Gasteiger partial charge in [0.25, 0.3) is 0 Å². The van der Waals surface area contributed by atoms with Crippen LogP contribution in [0.15, 0.2) is 0 Å². The fourth-order valence-electron chi connectivity index (χ4n) is 1.94. The second kappa shape index (κ2) is 5.35. The minimum absolute atomic E-state index is 0.0213. The molecule has 8 nitrogen and oxygen atoms in total. The van der Waals surface area contributed by atoms with Gasteiger partial charge in [0.2, 0.25) is 17.8 Å². The van der Waals surface area contributed by atoms with E-state index >= 15 is 0 Å². The SMILES string of the molecule is CC(c1nc(N)nc(N(C)C)n1)N1CCNC(=O)C1. The molecule has 1 unspecified atom stereocenters. The van der Waals surface area contributed by atoms with E-state index in [1.807, 2.05) is 25.9 Å². The number of nitrogens with two attached hydrogens (primary N) is 1. The van der Waals surface area contributed by atoms with Crippen LogP contribution in [0.1, 0.15) is 18.8 Å². The molecule has 8 heteroatoms. The van der Waals surface area contributed by atoms with Gasteiger partial charge in [0.05, 0.1) is 12.6 Å². The zero-order valence-electron chi connectivity index (χ0n) is 11.4. The Bertz CT molecular complexity index is 476. The number of nitrogens with zero attached hydrogens (tertiary/aromatic N) is 5. The lowest BCUT2D eigenvalue weighted by Crippen LogP contribution is -2.48. The first kappa shape index (κ1) is 13.5. The third-order valence-electron chi connectivity index (χ3n) is 3.05. The molecule has 0 radical (unpaired) electrons. The van der Waals surface area contributed by atoms with Crippen molar-refractivity contribution in [3.8, 4) is 0 Å². The van der Waals surface area contributed by atoms with Crippen LogP contribution < -0.4 is 16.0 Å². The fraction of sp³-hybridized carbons (Fsp3) is 0.636. The first-order valence-corrected chi connectivity index (χ1v) is 6.17. The number of hydrogen-bond acceptors (Lipinski definition) is 7. The van der Waals surface area contributed by atoms with Crippen molar-refractivity contribution in [2.45, 2.75) is 13.0 Å². The zero-order valence-corrected chi connectivity index (χ0v) is 11.4. The van der Waals surface area contributed by atoms with Crippen LogP contribution in [-0.4, -0.2) is 59.5 Å². The number of rotatable bonds is 3. The molecule has 104 valence electrons. The summed E-state index contributed by atoms with van der Waals surface area (Å²) in [6.07, 6.45) is 0. The first-order valence-electron chi connectivity index (χ1n) is 6.17. The summed E-state index contributed by atoms with van der Waals surface area (Å²) >= 11 is 0. The summed E-state index contributed by atoms with van der Waals surface area (Å²) in [5.41, 5.74) is 5.71. The van der Waals surface area contributed by atoms with E-state index in [9.17, 15) is 4.79 Å². The molecule has 0 aromatic carbocycles. The highest BCUT2D eigenvalue weighted by Crippen LogP contribution is 2.19. The van der Waals surface area contributed by atoms with Crippen molar-refractivity contribution in [2.75, 3.05) is 44.4 Å². The number of anilines is 2. The van der Waals surface area contributed by atoms with Crippen LogP contribution in [0, 0.1) is 0 Å². The third-order valence-corrected chi connectivity index (χ3v) is 3.05. The molecule has 1 atom stereocenters. The van der Waals surface area contributed by atoms with Gasteiger partial charge >= 0.3 is 0 Å². The van der Waals surface area contributed by atoms with Crippen molar-refractivity contribution in [2.24, 2.45) is 0 Å². The molecule has 3 N–H and O–H groups in total. The molecule has 1 saturated heterocycles. The Morgan fingerprint density at radius 1 is 1.37 bits per heavy atom. The lowest BCUT2D eigenvalue weighted by atomic mass is 10.2. The molecular weight excluding hydrogens is 246 g/mol. The summed E-state index contributed by atoms with van der Waals surface area (Å²) in [6.45, 7) is 3.73. The lowest BCUT2D eigenvalue weighted by Gasteiger charge is -2.31. The average Bonchev–Trinajstić information content (AvgIpc) is 2.37. The highest BCUT2D eigenvalue weighted by Gasteiger charge is 2.24. The summed E-state index contributed by atoms with van der Waals surface area (Å²) in [7, 11) is 3.69. The van der Waals surface area contributed by atoms with Gasteiger partial charge in [-0.05, 0) is 6.92 Å². The number of amides is 1. The Morgan fingerprint density at radius 3 is 2.74 bits per heavy atom. The maximum atomic E-state index is 11.4. The number of carbonyl (C=O) groups is 1. The van der Waals surface area contributed by atoms with Crippen molar-refractivity contribution in [3.63, 3.8) is 0 Å². The number of nitrogen functional groups attached to an aromatic ring is 1. The predicted octanol–water partition coefficient (Wildman–Crippen LogP) is -0.987. The molecule has 1 aliphatic heterocycles. The second-order valence-corrected chi connectivity index (χ2v) is 4.74. The smallest absolute Gasteiger partial charge is 0.234 e. The zero-order chi connectivity index (χ0) is 14.0. The van der Waals surface area contributed by atoms with E-state index in [0.717, 1.165) is 6.54 Å². The van der Waals surface area contributed by atoms with E-state index in [-0.39, 0.29) is 17.9 Å². The number of piperazine rings is 1. The predicted molar refractivity (Wildman–Crippen MR) is 71.6 cm³/mol. The van der Waals surface area contributed by atoms with Crippen LogP contribution in [-0.2, 0) is 4.79 Å². The van der Waals surface area contributed by atoms with Crippen molar-refractivity contribution in [1.82, 2.24) is 25.2 Å². The molecule has 0 spiro atoms. The van der Waals surface area contributed by atoms with Crippen LogP contribution >= 0.6 is 0 Å². The molecule has 1 aliphatic rings. The minimum atomic E-state index is -0.0740. The van der Waals surface area contributed by atoms with Crippen LogP contribution in [0.3, 0.4) is 0 Å². The van der Waals surface area contributed by atoms with E-state index in [4.69, 9.17) is 5.73 Å². The number of carbonyl (C=O) groups excluding carboxylic acids is 1. The normalized spacial score (nSPS) is 17.9. The van der Waals surface area contributed by atoms with Crippen molar-refractivity contribution < 1.29 is 4.79 Å². The van der Waals surface area contributed by atoms with Crippen LogP contribution in [0.25, 0.3) is 0 Å². The first-order chi connectivity index (χ1) is 8.97. The monoisotopic (exact) mass is 265 g/mol. The fourth-order valence-corrected chi connectivity index (χ4v) is 1.94. The molecule has 1 fully saturated rings. The molecule has 0 aliphatic carbocycles. The lowest BCUT2D eigenvalue weighted by molar-refractivity contribution is -0.124. The van der Waals surface area contributed by atoms with E-state index < -0.39 is 0 Å². The topological polar surface area (TPSA) is 100 Å². The van der Waals surface area contributed by atoms with Gasteiger partial charge in [0.1, 0.15) is 0 Å². The van der Waals surface area contributed by atoms with E-state index in [1.54, 1.807) is 4.90 Å². The van der Waals surface area contributed by atoms with Crippen molar-refractivity contribution in [1.29, 1.82) is 0 Å². The summed E-state index contributed by atoms with van der Waals surface area (Å²) in [4.78, 5) is 27.8. The van der Waals surface area contributed by atoms with Gasteiger partial charge in [-0.2, -0.15) is 15.0 Å². The van der Waals surface area contributed by atoms with E-state index in [2.05, 4.69) is 20.3 Å². The molecule has 2 rings (SSSR count). The molecule has 19 heavy (non-hydrogen) atoms. The van der Waals surface area contributed by atoms with Gasteiger partial charge in [-0.3, -0.25) is 9.69 Å². The third kappa shape index (κ3) is 3.08. The second-order valence-electron chi connectivity index (χ2n) is 4.74. The number of nitrogens with one attached hydrogen (secondary N) is 1. The van der Waals surface area contributed by atoms with Crippen LogP contribution in [0.2, 0.25) is 0 Å². The molecule has 2 heterocycles. The summed E-state index contributed by atoms with van der Waals surface area (Å²) < 4.78 is 0. The Balaban J connectivity index is 2.22. The molecule has 1 aromatic rings.